The molecule has 3 nitrogen and oxygen atoms in total. The lowest BCUT2D eigenvalue weighted by molar-refractivity contribution is -0.0557. The lowest BCUT2D eigenvalue weighted by atomic mass is 9.80. The summed E-state index contributed by atoms with van der Waals surface area (Å²) in [6, 6.07) is 7.01. The van der Waals surface area contributed by atoms with Gasteiger partial charge in [-0.15, -0.1) is 0 Å². The number of benzene rings is 1. The second-order valence-electron chi connectivity index (χ2n) is 5.69. The summed E-state index contributed by atoms with van der Waals surface area (Å²) < 4.78 is 19.0. The van der Waals surface area contributed by atoms with Crippen LogP contribution in [0.3, 0.4) is 0 Å². The largest absolute Gasteiger partial charge is 0.437 e. The van der Waals surface area contributed by atoms with Gasteiger partial charge in [-0.1, -0.05) is 47.1 Å². The van der Waals surface area contributed by atoms with Crippen molar-refractivity contribution in [2.75, 3.05) is 6.67 Å². The molecule has 0 amide bonds. The van der Waals surface area contributed by atoms with Gasteiger partial charge in [0.2, 0.25) is 0 Å². The number of hydrogen-bond acceptors (Lipinski definition) is 4. The van der Waals surface area contributed by atoms with Crippen molar-refractivity contribution in [3.8, 4) is 0 Å². The van der Waals surface area contributed by atoms with Crippen LogP contribution in [0.5, 0.6) is 0 Å². The molecule has 1 fully saturated rings. The van der Waals surface area contributed by atoms with Gasteiger partial charge < -0.3 is 9.76 Å². The normalized spacial score (nSPS) is 24.9. The van der Waals surface area contributed by atoms with Crippen LogP contribution in [-0.4, -0.2) is 39.5 Å². The molecule has 2 atom stereocenters. The van der Waals surface area contributed by atoms with E-state index in [4.69, 9.17) is 27.9 Å². The second kappa shape index (κ2) is 7.28. The molecular formula is C14H19BCl2FNO2S. The minimum absolute atomic E-state index is 0.434. The van der Waals surface area contributed by atoms with Gasteiger partial charge in [-0.2, -0.15) is 0 Å². The number of rotatable bonds is 5. The molecule has 1 aromatic carbocycles. The minimum Gasteiger partial charge on any atom is -0.437 e. The third-order valence-corrected chi connectivity index (χ3v) is 5.00. The Morgan fingerprint density at radius 3 is 2.45 bits per heavy atom. The number of alkyl halides is 3. The Hall–Kier alpha value is 0.0249. The van der Waals surface area contributed by atoms with Crippen molar-refractivity contribution in [1.82, 2.24) is 4.81 Å². The van der Waals surface area contributed by atoms with Crippen molar-refractivity contribution in [1.29, 1.82) is 0 Å². The zero-order valence-corrected chi connectivity index (χ0v) is 15.0. The van der Waals surface area contributed by atoms with E-state index in [0.29, 0.717) is 0 Å². The van der Waals surface area contributed by atoms with Crippen molar-refractivity contribution < 1.29 is 14.2 Å². The van der Waals surface area contributed by atoms with E-state index < -0.39 is 35.8 Å². The first-order valence-corrected chi connectivity index (χ1v) is 8.76. The number of nitrogens with zero attached hydrogens (tertiary/aromatic N) is 1. The molecule has 0 aliphatic carbocycles. The highest BCUT2D eigenvalue weighted by molar-refractivity contribution is 8.02. The standard InChI is InChI=1S/C14H19BCl2FNO2S/c1-14(2)19(15(3)20)11(8-18)12(21-14)9-4-6-10(7-5-9)22-13(16)17/h4-7,11-13,20H,8H2,1-3H3/t11-,12+/m0/s1. The number of thioether (sulfide) groups is 1. The highest BCUT2D eigenvalue weighted by atomic mass is 35.5. The first kappa shape index (κ1) is 18.4. The summed E-state index contributed by atoms with van der Waals surface area (Å²) in [4.78, 5) is 2.59. The van der Waals surface area contributed by atoms with Gasteiger partial charge in [-0.25, -0.2) is 4.39 Å². The van der Waals surface area contributed by atoms with E-state index in [0.717, 1.165) is 10.5 Å². The van der Waals surface area contributed by atoms with Crippen LogP contribution in [0.25, 0.3) is 0 Å². The molecule has 1 saturated heterocycles. The molecule has 122 valence electrons. The zero-order valence-electron chi connectivity index (χ0n) is 12.7. The van der Waals surface area contributed by atoms with Gasteiger partial charge in [0.15, 0.2) is 4.17 Å². The average Bonchev–Trinajstić information content (AvgIpc) is 2.70. The number of ether oxygens (including phenoxy) is 1. The smallest absolute Gasteiger partial charge is 0.379 e. The van der Waals surface area contributed by atoms with E-state index in [1.165, 1.54) is 11.8 Å². The van der Waals surface area contributed by atoms with Crippen molar-refractivity contribution in [2.24, 2.45) is 0 Å². The summed E-state index contributed by atoms with van der Waals surface area (Å²) in [5.41, 5.74) is 0.129. The van der Waals surface area contributed by atoms with Crippen LogP contribution in [-0.2, 0) is 4.74 Å². The fourth-order valence-electron chi connectivity index (χ4n) is 3.01. The molecule has 22 heavy (non-hydrogen) atoms. The third kappa shape index (κ3) is 3.92. The van der Waals surface area contributed by atoms with Crippen LogP contribution in [0, 0.1) is 0 Å². The van der Waals surface area contributed by atoms with Gasteiger partial charge in [0.25, 0.3) is 0 Å². The molecule has 1 aromatic rings. The van der Waals surface area contributed by atoms with E-state index in [2.05, 4.69) is 0 Å². The van der Waals surface area contributed by atoms with Crippen LogP contribution in [0.2, 0.25) is 6.82 Å². The molecule has 0 spiro atoms. The number of halogens is 3. The van der Waals surface area contributed by atoms with Crippen LogP contribution in [0.4, 0.5) is 4.39 Å². The van der Waals surface area contributed by atoms with Crippen LogP contribution in [0.1, 0.15) is 25.5 Å². The highest BCUT2D eigenvalue weighted by Gasteiger charge is 2.50. The monoisotopic (exact) mass is 365 g/mol. The molecule has 0 radical (unpaired) electrons. The Kier molecular flexibility index (Phi) is 6.08. The first-order chi connectivity index (χ1) is 10.3. The van der Waals surface area contributed by atoms with Crippen molar-refractivity contribution >= 4 is 42.0 Å². The third-order valence-electron chi connectivity index (χ3n) is 3.74. The van der Waals surface area contributed by atoms with E-state index >= 15 is 0 Å². The second-order valence-corrected chi connectivity index (χ2v) is 8.49. The summed E-state index contributed by atoms with van der Waals surface area (Å²) in [5, 5.41) is 9.94. The summed E-state index contributed by atoms with van der Waals surface area (Å²) in [6.07, 6.45) is -0.434. The lowest BCUT2D eigenvalue weighted by Gasteiger charge is -2.33. The van der Waals surface area contributed by atoms with Crippen molar-refractivity contribution in [2.45, 2.75) is 47.6 Å². The molecule has 0 saturated carbocycles. The predicted molar refractivity (Wildman–Crippen MR) is 91.1 cm³/mol. The topological polar surface area (TPSA) is 32.7 Å². The molecule has 1 aliphatic heterocycles. The van der Waals surface area contributed by atoms with Crippen LogP contribution in [0.15, 0.2) is 29.2 Å². The molecular weight excluding hydrogens is 347 g/mol. The molecule has 1 heterocycles. The van der Waals surface area contributed by atoms with Crippen LogP contribution >= 0.6 is 35.0 Å². The van der Waals surface area contributed by atoms with Gasteiger partial charge in [0, 0.05) is 4.90 Å². The van der Waals surface area contributed by atoms with E-state index in [1.807, 2.05) is 38.1 Å². The van der Waals surface area contributed by atoms with Gasteiger partial charge >= 0.3 is 7.05 Å². The summed E-state index contributed by atoms with van der Waals surface area (Å²) in [5.74, 6) is 0. The van der Waals surface area contributed by atoms with Crippen molar-refractivity contribution in [3.63, 3.8) is 0 Å². The van der Waals surface area contributed by atoms with E-state index in [1.54, 1.807) is 11.6 Å². The molecule has 2 rings (SSSR count). The Morgan fingerprint density at radius 1 is 1.41 bits per heavy atom. The lowest BCUT2D eigenvalue weighted by Crippen LogP contribution is -2.52. The molecule has 1 N–H and O–H groups in total. The molecule has 0 unspecified atom stereocenters. The Labute approximate surface area is 145 Å². The number of hydrogen-bond donors (Lipinski definition) is 1. The average molecular weight is 366 g/mol. The maximum atomic E-state index is 13.6. The van der Waals surface area contributed by atoms with Gasteiger partial charge in [-0.3, -0.25) is 4.81 Å². The van der Waals surface area contributed by atoms with E-state index in [-0.39, 0.29) is 0 Å². The van der Waals surface area contributed by atoms with E-state index in [9.17, 15) is 9.41 Å². The molecule has 1 aliphatic rings. The fourth-order valence-corrected chi connectivity index (χ4v) is 4.12. The fraction of sp³-hybridized carbons (Fsp3) is 0.571. The molecule has 0 bridgehead atoms. The first-order valence-electron chi connectivity index (χ1n) is 7.01. The predicted octanol–water partition coefficient (Wildman–Crippen LogP) is 4.10. The zero-order chi connectivity index (χ0) is 16.5. The maximum Gasteiger partial charge on any atom is 0.379 e. The minimum atomic E-state index is -0.788. The summed E-state index contributed by atoms with van der Waals surface area (Å²) >= 11 is 12.8. The van der Waals surface area contributed by atoms with Gasteiger partial charge in [-0.05, 0) is 38.4 Å². The quantitative estimate of drug-likeness (QED) is 0.483. The SMILES string of the molecule is CB(O)N1[C@@H](CF)[C@@H](c2ccc(SC(Cl)Cl)cc2)OC1(C)C. The maximum absolute atomic E-state index is 13.6. The summed E-state index contributed by atoms with van der Waals surface area (Å²) in [7, 11) is -0.788. The molecule has 0 aromatic heterocycles. The highest BCUT2D eigenvalue weighted by Crippen LogP contribution is 2.42. The Bertz CT molecular complexity index is 504. The van der Waals surface area contributed by atoms with Crippen LogP contribution < -0.4 is 0 Å². The Morgan fingerprint density at radius 2 is 2.00 bits per heavy atom. The Balaban J connectivity index is 2.24. The van der Waals surface area contributed by atoms with Crippen molar-refractivity contribution in [3.05, 3.63) is 29.8 Å². The molecule has 8 heteroatoms. The summed E-state index contributed by atoms with van der Waals surface area (Å²) in [6.45, 7) is 4.69. The van der Waals surface area contributed by atoms with Gasteiger partial charge in [0.1, 0.15) is 18.5 Å². The van der Waals surface area contributed by atoms with Gasteiger partial charge in [0.05, 0.1) is 6.04 Å².